The maximum Gasteiger partial charge on any atom is 0.228 e. The van der Waals surface area contributed by atoms with Crippen molar-refractivity contribution in [3.8, 4) is 0 Å². The van der Waals surface area contributed by atoms with Gasteiger partial charge in [0.1, 0.15) is 6.17 Å². The van der Waals surface area contributed by atoms with Gasteiger partial charge in [0.2, 0.25) is 9.70 Å². The molecular formula is C15H19BrCl3N3OS. The lowest BCUT2D eigenvalue weighted by atomic mass is 10.2. The molecule has 1 amide bonds. The maximum absolute atomic E-state index is 12.0. The van der Waals surface area contributed by atoms with Crippen molar-refractivity contribution in [3.63, 3.8) is 0 Å². The molecule has 1 rings (SSSR count). The second-order valence-electron chi connectivity index (χ2n) is 5.08. The van der Waals surface area contributed by atoms with Crippen LogP contribution in [0.3, 0.4) is 0 Å². The normalized spacial score (nSPS) is 12.4. The molecule has 0 saturated carbocycles. The summed E-state index contributed by atoms with van der Waals surface area (Å²) in [7, 11) is 0. The van der Waals surface area contributed by atoms with Crippen LogP contribution < -0.4 is 16.0 Å². The van der Waals surface area contributed by atoms with E-state index in [0.717, 1.165) is 29.4 Å². The molecule has 0 aliphatic rings. The summed E-state index contributed by atoms with van der Waals surface area (Å²) in [6.07, 6.45) is 2.21. The van der Waals surface area contributed by atoms with Crippen LogP contribution in [0.25, 0.3) is 0 Å². The predicted octanol–water partition coefficient (Wildman–Crippen LogP) is 5.13. The monoisotopic (exact) mass is 473 g/mol. The largest absolute Gasteiger partial charge is 0.339 e. The van der Waals surface area contributed by atoms with Gasteiger partial charge >= 0.3 is 0 Å². The molecule has 0 unspecified atom stereocenters. The fourth-order valence-electron chi connectivity index (χ4n) is 1.82. The highest BCUT2D eigenvalue weighted by Crippen LogP contribution is 2.29. The standard InChI is InChI=1S/C15H19BrCl3N3OS/c1-2-3-4-9-12(23)21-13(15(17,18)19)22-14(24)20-11-8-6-5-7-10(11)16/h5-8,13H,2-4,9H2,1H3,(H,21,23)(H2,20,22,24)/t13-/m0/s1. The summed E-state index contributed by atoms with van der Waals surface area (Å²) >= 11 is 26.5. The SMILES string of the molecule is CCCCCC(=O)N[C@@H](NC(=S)Nc1ccccc1Br)C(Cl)(Cl)Cl. The number of hydrogen-bond acceptors (Lipinski definition) is 2. The second-order valence-corrected chi connectivity index (χ2v) is 8.71. The summed E-state index contributed by atoms with van der Waals surface area (Å²) in [4.78, 5) is 12.0. The highest BCUT2D eigenvalue weighted by atomic mass is 79.9. The van der Waals surface area contributed by atoms with Gasteiger partial charge in [-0.3, -0.25) is 4.79 Å². The van der Waals surface area contributed by atoms with Gasteiger partial charge in [-0.1, -0.05) is 66.7 Å². The number of hydrogen-bond donors (Lipinski definition) is 3. The Morgan fingerprint density at radius 2 is 1.92 bits per heavy atom. The number of alkyl halides is 3. The molecule has 9 heteroatoms. The highest BCUT2D eigenvalue weighted by molar-refractivity contribution is 9.10. The zero-order valence-electron chi connectivity index (χ0n) is 13.0. The smallest absolute Gasteiger partial charge is 0.228 e. The van der Waals surface area contributed by atoms with Crippen molar-refractivity contribution in [1.82, 2.24) is 10.6 Å². The molecule has 0 aliphatic heterocycles. The summed E-state index contributed by atoms with van der Waals surface area (Å²) in [5.41, 5.74) is 0.757. The Labute approximate surface area is 171 Å². The lowest BCUT2D eigenvalue weighted by Gasteiger charge is -2.28. The van der Waals surface area contributed by atoms with Crippen LogP contribution in [0, 0.1) is 0 Å². The molecule has 1 aromatic carbocycles. The van der Waals surface area contributed by atoms with Crippen LogP contribution in [-0.4, -0.2) is 21.0 Å². The van der Waals surface area contributed by atoms with Crippen LogP contribution in [0.5, 0.6) is 0 Å². The number of carbonyl (C=O) groups is 1. The van der Waals surface area contributed by atoms with Crippen LogP contribution in [0.2, 0.25) is 0 Å². The first-order valence-electron chi connectivity index (χ1n) is 7.42. The Morgan fingerprint density at radius 3 is 2.50 bits per heavy atom. The number of benzene rings is 1. The van der Waals surface area contributed by atoms with E-state index in [2.05, 4.69) is 38.8 Å². The Kier molecular flexibility index (Phi) is 9.67. The maximum atomic E-state index is 12.0. The summed E-state index contributed by atoms with van der Waals surface area (Å²) < 4.78 is -0.914. The molecule has 134 valence electrons. The molecule has 0 saturated heterocycles. The number of amides is 1. The topological polar surface area (TPSA) is 53.2 Å². The van der Waals surface area contributed by atoms with Crippen molar-refractivity contribution in [2.45, 2.75) is 42.6 Å². The summed E-state index contributed by atoms with van der Waals surface area (Å²) in [6.45, 7) is 2.06. The minimum absolute atomic E-state index is 0.198. The van der Waals surface area contributed by atoms with E-state index >= 15 is 0 Å². The molecule has 0 spiro atoms. The van der Waals surface area contributed by atoms with E-state index in [1.165, 1.54) is 0 Å². The third-order valence-electron chi connectivity index (χ3n) is 3.04. The summed E-state index contributed by atoms with van der Waals surface area (Å²) in [5, 5.41) is 8.70. The number of rotatable bonds is 7. The van der Waals surface area contributed by atoms with Crippen LogP contribution in [0.4, 0.5) is 5.69 Å². The van der Waals surface area contributed by atoms with Gasteiger partial charge in [0.15, 0.2) is 5.11 Å². The number of para-hydroxylation sites is 1. The number of thiocarbonyl (C=S) groups is 1. The Balaban J connectivity index is 2.64. The van der Waals surface area contributed by atoms with Gasteiger partial charge in [0.25, 0.3) is 0 Å². The van der Waals surface area contributed by atoms with Gasteiger partial charge in [-0.15, -0.1) is 0 Å². The molecule has 4 nitrogen and oxygen atoms in total. The average Bonchev–Trinajstić information content (AvgIpc) is 2.48. The van der Waals surface area contributed by atoms with Gasteiger partial charge in [-0.25, -0.2) is 0 Å². The van der Waals surface area contributed by atoms with Gasteiger partial charge in [-0.2, -0.15) is 0 Å². The van der Waals surface area contributed by atoms with Crippen molar-refractivity contribution in [2.24, 2.45) is 0 Å². The van der Waals surface area contributed by atoms with Crippen molar-refractivity contribution < 1.29 is 4.79 Å². The van der Waals surface area contributed by atoms with Crippen LogP contribution >= 0.6 is 63.0 Å². The Morgan fingerprint density at radius 1 is 1.25 bits per heavy atom. The van der Waals surface area contributed by atoms with E-state index in [-0.39, 0.29) is 11.0 Å². The number of halogens is 4. The first kappa shape index (κ1) is 21.8. The van der Waals surface area contributed by atoms with Crippen molar-refractivity contribution in [1.29, 1.82) is 0 Å². The quantitative estimate of drug-likeness (QED) is 0.222. The van der Waals surface area contributed by atoms with Gasteiger partial charge < -0.3 is 16.0 Å². The Bertz CT molecular complexity index is 569. The molecule has 0 aliphatic carbocycles. The summed E-state index contributed by atoms with van der Waals surface area (Å²) in [6, 6.07) is 7.45. The van der Waals surface area contributed by atoms with Crippen molar-refractivity contribution in [3.05, 3.63) is 28.7 Å². The number of nitrogens with one attached hydrogen (secondary N) is 3. The molecule has 1 atom stereocenters. The minimum Gasteiger partial charge on any atom is -0.339 e. The molecule has 0 heterocycles. The van der Waals surface area contributed by atoms with Gasteiger partial charge in [-0.05, 0) is 46.7 Å². The van der Waals surface area contributed by atoms with E-state index in [9.17, 15) is 4.79 Å². The highest BCUT2D eigenvalue weighted by Gasteiger charge is 2.34. The molecule has 0 fully saturated rings. The molecule has 0 aromatic heterocycles. The molecule has 24 heavy (non-hydrogen) atoms. The van der Waals surface area contributed by atoms with Gasteiger partial charge in [0.05, 0.1) is 5.69 Å². The molecule has 3 N–H and O–H groups in total. The van der Waals surface area contributed by atoms with E-state index in [1.807, 2.05) is 24.3 Å². The molecule has 0 bridgehead atoms. The fraction of sp³-hybridized carbons (Fsp3) is 0.467. The van der Waals surface area contributed by atoms with Crippen molar-refractivity contribution >= 4 is 79.7 Å². The molecule has 1 aromatic rings. The summed E-state index contributed by atoms with van der Waals surface area (Å²) in [5.74, 6) is -0.198. The third-order valence-corrected chi connectivity index (χ3v) is 4.60. The first-order valence-corrected chi connectivity index (χ1v) is 9.75. The van der Waals surface area contributed by atoms with E-state index < -0.39 is 9.96 Å². The average molecular weight is 476 g/mol. The van der Waals surface area contributed by atoms with Crippen LogP contribution in [-0.2, 0) is 4.79 Å². The van der Waals surface area contributed by atoms with Crippen molar-refractivity contribution in [2.75, 3.05) is 5.32 Å². The Hall–Kier alpha value is -0.270. The predicted molar refractivity (Wildman–Crippen MR) is 110 cm³/mol. The second kappa shape index (κ2) is 10.7. The molecule has 0 radical (unpaired) electrons. The first-order chi connectivity index (χ1) is 11.2. The lowest BCUT2D eigenvalue weighted by molar-refractivity contribution is -0.122. The zero-order chi connectivity index (χ0) is 18.2. The van der Waals surface area contributed by atoms with E-state index in [1.54, 1.807) is 0 Å². The number of carbonyl (C=O) groups excluding carboxylic acids is 1. The lowest BCUT2D eigenvalue weighted by Crippen LogP contribution is -2.56. The van der Waals surface area contributed by atoms with E-state index in [4.69, 9.17) is 47.0 Å². The zero-order valence-corrected chi connectivity index (χ0v) is 17.7. The molecular weight excluding hydrogens is 457 g/mol. The third kappa shape index (κ3) is 8.21. The van der Waals surface area contributed by atoms with Gasteiger partial charge in [0, 0.05) is 10.9 Å². The van der Waals surface area contributed by atoms with E-state index in [0.29, 0.717) is 6.42 Å². The van der Waals surface area contributed by atoms with Crippen LogP contribution in [0.15, 0.2) is 28.7 Å². The van der Waals surface area contributed by atoms with Crippen LogP contribution in [0.1, 0.15) is 32.6 Å². The minimum atomic E-state index is -1.75. The fourth-order valence-corrected chi connectivity index (χ4v) is 2.76. The number of anilines is 1. The number of unbranched alkanes of at least 4 members (excludes halogenated alkanes) is 2.